The van der Waals surface area contributed by atoms with Crippen LogP contribution in [0.3, 0.4) is 0 Å². The predicted octanol–water partition coefficient (Wildman–Crippen LogP) is 3.95. The van der Waals surface area contributed by atoms with Crippen LogP contribution in [0, 0.1) is 0 Å². The van der Waals surface area contributed by atoms with Gasteiger partial charge in [-0.15, -0.1) is 0 Å². The lowest BCUT2D eigenvalue weighted by atomic mass is 10.3. The molecule has 0 aliphatic rings. The summed E-state index contributed by atoms with van der Waals surface area (Å²) in [5.41, 5.74) is 0.731. The average Bonchev–Trinajstić information content (AvgIpc) is 2.14. The quantitative estimate of drug-likeness (QED) is 0.848. The lowest BCUT2D eigenvalue weighted by Crippen LogP contribution is -1.94. The number of hydrogen-bond acceptors (Lipinski definition) is 2. The second kappa shape index (κ2) is 5.13. The number of nitrogens with one attached hydrogen (secondary N) is 1. The van der Waals surface area contributed by atoms with Gasteiger partial charge in [-0.1, -0.05) is 29.8 Å². The molecule has 0 saturated heterocycles. The molecule has 0 aliphatic carbocycles. The van der Waals surface area contributed by atoms with Gasteiger partial charge in [0.2, 0.25) is 0 Å². The Bertz CT molecular complexity index is 339. The summed E-state index contributed by atoms with van der Waals surface area (Å²) in [6.45, 7) is 6.01. The Morgan fingerprint density at radius 2 is 2.14 bits per heavy atom. The smallest absolute Gasteiger partial charge is 0.140 e. The zero-order valence-electron chi connectivity index (χ0n) is 7.81. The van der Waals surface area contributed by atoms with Crippen LogP contribution in [0.5, 0.6) is 5.75 Å². The second-order valence-electron chi connectivity index (χ2n) is 2.54. The summed E-state index contributed by atoms with van der Waals surface area (Å²) in [7, 11) is 0. The van der Waals surface area contributed by atoms with Gasteiger partial charge in [-0.3, -0.25) is 0 Å². The SMILES string of the molecule is C=CNc1cc(OCC)c(Cl)cc1Cl. The van der Waals surface area contributed by atoms with Crippen molar-refractivity contribution in [1.82, 2.24) is 0 Å². The fourth-order valence-electron chi connectivity index (χ4n) is 1.02. The van der Waals surface area contributed by atoms with E-state index in [2.05, 4.69) is 11.9 Å². The van der Waals surface area contributed by atoms with E-state index in [1.54, 1.807) is 18.3 Å². The molecule has 0 spiro atoms. The van der Waals surface area contributed by atoms with Crippen LogP contribution < -0.4 is 10.1 Å². The van der Waals surface area contributed by atoms with E-state index in [9.17, 15) is 0 Å². The highest BCUT2D eigenvalue weighted by atomic mass is 35.5. The molecule has 0 saturated carbocycles. The molecule has 0 aromatic heterocycles. The van der Waals surface area contributed by atoms with Crippen molar-refractivity contribution in [3.63, 3.8) is 0 Å². The van der Waals surface area contributed by atoms with Gasteiger partial charge in [-0.25, -0.2) is 0 Å². The Morgan fingerprint density at radius 1 is 1.43 bits per heavy atom. The molecule has 0 unspecified atom stereocenters. The van der Waals surface area contributed by atoms with Crippen molar-refractivity contribution in [3.8, 4) is 5.75 Å². The Labute approximate surface area is 93.5 Å². The highest BCUT2D eigenvalue weighted by Crippen LogP contribution is 2.34. The Morgan fingerprint density at radius 3 is 2.71 bits per heavy atom. The Kier molecular flexibility index (Phi) is 4.11. The van der Waals surface area contributed by atoms with Crippen molar-refractivity contribution in [1.29, 1.82) is 0 Å². The van der Waals surface area contributed by atoms with E-state index in [-0.39, 0.29) is 0 Å². The third-order valence-electron chi connectivity index (χ3n) is 1.58. The maximum Gasteiger partial charge on any atom is 0.140 e. The van der Waals surface area contributed by atoms with Gasteiger partial charge in [-0.05, 0) is 19.2 Å². The minimum absolute atomic E-state index is 0.506. The number of halogens is 2. The van der Waals surface area contributed by atoms with E-state index in [0.29, 0.717) is 22.4 Å². The van der Waals surface area contributed by atoms with E-state index >= 15 is 0 Å². The number of benzene rings is 1. The summed E-state index contributed by atoms with van der Waals surface area (Å²) in [4.78, 5) is 0. The topological polar surface area (TPSA) is 21.3 Å². The van der Waals surface area contributed by atoms with Gasteiger partial charge < -0.3 is 10.1 Å². The summed E-state index contributed by atoms with van der Waals surface area (Å²) in [6, 6.07) is 3.38. The van der Waals surface area contributed by atoms with Gasteiger partial charge in [0.15, 0.2) is 0 Å². The molecule has 1 aromatic rings. The lowest BCUT2D eigenvalue weighted by molar-refractivity contribution is 0.340. The van der Waals surface area contributed by atoms with Crippen LogP contribution >= 0.6 is 23.2 Å². The van der Waals surface area contributed by atoms with Crippen LogP contribution in [0.25, 0.3) is 0 Å². The summed E-state index contributed by atoms with van der Waals surface area (Å²) in [5, 5.41) is 3.94. The van der Waals surface area contributed by atoms with Crippen molar-refractivity contribution in [3.05, 3.63) is 35.0 Å². The highest BCUT2D eigenvalue weighted by Gasteiger charge is 2.06. The number of anilines is 1. The van der Waals surface area contributed by atoms with Gasteiger partial charge in [0.25, 0.3) is 0 Å². The Balaban J connectivity index is 3.06. The van der Waals surface area contributed by atoms with E-state index in [4.69, 9.17) is 27.9 Å². The first-order chi connectivity index (χ1) is 6.69. The third-order valence-corrected chi connectivity index (χ3v) is 2.19. The zero-order valence-corrected chi connectivity index (χ0v) is 9.32. The van der Waals surface area contributed by atoms with Gasteiger partial charge in [0, 0.05) is 6.07 Å². The molecule has 1 N–H and O–H groups in total. The van der Waals surface area contributed by atoms with Gasteiger partial charge >= 0.3 is 0 Å². The third kappa shape index (κ3) is 2.56. The number of rotatable bonds is 4. The molecule has 1 aromatic carbocycles. The predicted molar refractivity (Wildman–Crippen MR) is 61.5 cm³/mol. The molecule has 1 rings (SSSR count). The first-order valence-electron chi connectivity index (χ1n) is 4.18. The molecule has 0 atom stereocenters. The van der Waals surface area contributed by atoms with Crippen molar-refractivity contribution < 1.29 is 4.74 Å². The van der Waals surface area contributed by atoms with Crippen molar-refractivity contribution in [2.24, 2.45) is 0 Å². The fraction of sp³-hybridized carbons (Fsp3) is 0.200. The largest absolute Gasteiger partial charge is 0.492 e. The van der Waals surface area contributed by atoms with E-state index < -0.39 is 0 Å². The molecule has 0 fully saturated rings. The van der Waals surface area contributed by atoms with Crippen LogP contribution in [0.1, 0.15) is 6.92 Å². The second-order valence-corrected chi connectivity index (χ2v) is 3.36. The molecule has 0 bridgehead atoms. The van der Waals surface area contributed by atoms with Crippen LogP contribution in [0.2, 0.25) is 10.0 Å². The Hall–Kier alpha value is -0.860. The van der Waals surface area contributed by atoms with Gasteiger partial charge in [0.05, 0.1) is 22.3 Å². The lowest BCUT2D eigenvalue weighted by Gasteiger charge is -2.09. The summed E-state index contributed by atoms with van der Waals surface area (Å²) in [5.74, 6) is 0.614. The van der Waals surface area contributed by atoms with Crippen LogP contribution in [0.15, 0.2) is 24.9 Å². The van der Waals surface area contributed by atoms with E-state index in [1.807, 2.05) is 6.92 Å². The maximum absolute atomic E-state index is 5.93. The molecule has 0 aliphatic heterocycles. The van der Waals surface area contributed by atoms with Crippen LogP contribution in [-0.2, 0) is 0 Å². The van der Waals surface area contributed by atoms with Crippen molar-refractivity contribution >= 4 is 28.9 Å². The van der Waals surface area contributed by atoms with Gasteiger partial charge in [0.1, 0.15) is 5.75 Å². The summed E-state index contributed by atoms with van der Waals surface area (Å²) in [6.07, 6.45) is 1.55. The molecule has 4 heteroatoms. The molecule has 2 nitrogen and oxygen atoms in total. The molecule has 0 radical (unpaired) electrons. The van der Waals surface area contributed by atoms with E-state index in [1.165, 1.54) is 0 Å². The van der Waals surface area contributed by atoms with Crippen molar-refractivity contribution in [2.75, 3.05) is 11.9 Å². The standard InChI is InChI=1S/C10H11Cl2NO/c1-3-13-9-6-10(14-4-2)8(12)5-7(9)11/h3,5-6,13H,1,4H2,2H3. The molecule has 76 valence electrons. The maximum atomic E-state index is 5.93. The summed E-state index contributed by atoms with van der Waals surface area (Å²) < 4.78 is 5.31. The van der Waals surface area contributed by atoms with Crippen LogP contribution in [-0.4, -0.2) is 6.61 Å². The van der Waals surface area contributed by atoms with Crippen LogP contribution in [0.4, 0.5) is 5.69 Å². The van der Waals surface area contributed by atoms with Gasteiger partial charge in [-0.2, -0.15) is 0 Å². The molecular formula is C10H11Cl2NO. The van der Waals surface area contributed by atoms with E-state index in [0.717, 1.165) is 5.69 Å². The monoisotopic (exact) mass is 231 g/mol. The molecule has 14 heavy (non-hydrogen) atoms. The highest BCUT2D eigenvalue weighted by molar-refractivity contribution is 6.37. The molecule has 0 heterocycles. The normalized spacial score (nSPS) is 9.64. The number of hydrogen-bond donors (Lipinski definition) is 1. The van der Waals surface area contributed by atoms with Crippen molar-refractivity contribution in [2.45, 2.75) is 6.92 Å². The minimum atomic E-state index is 0.506. The first kappa shape index (κ1) is 11.2. The average molecular weight is 232 g/mol. The molecule has 0 amide bonds. The molecular weight excluding hydrogens is 221 g/mol. The summed E-state index contributed by atoms with van der Waals surface area (Å²) >= 11 is 11.8. The fourth-order valence-corrected chi connectivity index (χ4v) is 1.51. The zero-order chi connectivity index (χ0) is 10.6. The first-order valence-corrected chi connectivity index (χ1v) is 4.94. The minimum Gasteiger partial charge on any atom is -0.492 e. The number of ether oxygens (including phenoxy) is 1.